The highest BCUT2D eigenvalue weighted by Gasteiger charge is 2.44. The fraction of sp³-hybridized carbons (Fsp3) is 0.381. The Hall–Kier alpha value is -2.51. The third kappa shape index (κ3) is 4.82. The van der Waals surface area contributed by atoms with Gasteiger partial charge in [0.05, 0.1) is 16.6 Å². The minimum Gasteiger partial charge on any atom is -0.454 e. The molecule has 0 spiro atoms. The van der Waals surface area contributed by atoms with E-state index in [1.165, 1.54) is 35.6 Å². The van der Waals surface area contributed by atoms with E-state index in [1.807, 2.05) is 0 Å². The molecule has 2 aromatic rings. The predicted octanol–water partition coefficient (Wildman–Crippen LogP) is 1.29. The summed E-state index contributed by atoms with van der Waals surface area (Å²) in [5.41, 5.74) is 6.59. The number of nitrogens with zero attached hydrogens (tertiary/aromatic N) is 1. The highest BCUT2D eigenvalue weighted by molar-refractivity contribution is 7.89. The summed E-state index contributed by atoms with van der Waals surface area (Å²) in [6, 6.07) is 4.11. The first kappa shape index (κ1) is 24.6. The van der Waals surface area contributed by atoms with Crippen molar-refractivity contribution in [1.82, 2.24) is 4.31 Å². The molecule has 10 nitrogen and oxygen atoms in total. The van der Waals surface area contributed by atoms with Gasteiger partial charge in [-0.05, 0) is 49.1 Å². The van der Waals surface area contributed by atoms with Crippen LogP contribution in [0.1, 0.15) is 33.6 Å². The van der Waals surface area contributed by atoms with E-state index in [-0.39, 0.29) is 23.4 Å². The van der Waals surface area contributed by atoms with Gasteiger partial charge in [-0.3, -0.25) is 14.4 Å². The second kappa shape index (κ2) is 9.62. The highest BCUT2D eigenvalue weighted by atomic mass is 35.5. The lowest BCUT2D eigenvalue weighted by Gasteiger charge is -2.22. The van der Waals surface area contributed by atoms with Crippen molar-refractivity contribution in [1.29, 1.82) is 0 Å². The Balaban J connectivity index is 1.42. The summed E-state index contributed by atoms with van der Waals surface area (Å²) in [7, 11) is -4.12. The van der Waals surface area contributed by atoms with Crippen molar-refractivity contribution in [2.75, 3.05) is 18.5 Å². The van der Waals surface area contributed by atoms with Crippen molar-refractivity contribution in [3.63, 3.8) is 0 Å². The van der Waals surface area contributed by atoms with Crippen LogP contribution in [0.15, 0.2) is 29.2 Å². The Kier molecular flexibility index (Phi) is 6.97. The minimum atomic E-state index is -4.12. The summed E-state index contributed by atoms with van der Waals surface area (Å²) in [5, 5.41) is 13.2. The number of sulfonamides is 1. The first-order valence-corrected chi connectivity index (χ1v) is 13.1. The molecule has 1 aromatic heterocycles. The lowest BCUT2D eigenvalue weighted by atomic mass is 10.1. The summed E-state index contributed by atoms with van der Waals surface area (Å²) in [5.74, 6) is -2.30. The predicted molar refractivity (Wildman–Crippen MR) is 124 cm³/mol. The maximum absolute atomic E-state index is 13.0. The SMILES string of the molecule is NC(=O)c1c(NC(=O)COC(=O)[C@@H]2C[C@@H](O)CN2S(=O)(=O)c2ccc(Cl)cc2)sc2c1CCC2. The number of carbonyl (C=O) groups excluding carboxylic acids is 3. The fourth-order valence-corrected chi connectivity index (χ4v) is 7.22. The number of β-amino-alcohol motifs (C(OH)–C–C–N with tert-alkyl or cyclic N) is 1. The van der Waals surface area contributed by atoms with E-state index in [0.29, 0.717) is 16.4 Å². The Bertz CT molecular complexity index is 1240. The molecule has 1 aromatic carbocycles. The minimum absolute atomic E-state index is 0.0914. The highest BCUT2D eigenvalue weighted by Crippen LogP contribution is 2.38. The standard InChI is InChI=1S/C21H22ClN3O7S2/c22-11-4-6-13(7-5-11)34(30,31)25-9-12(26)8-15(25)21(29)32-10-17(27)24-20-18(19(23)28)14-2-1-3-16(14)33-20/h4-7,12,15,26H,1-3,8-10H2,(H2,23,28)(H,24,27)/t12-,15+/m1/s1. The molecule has 0 bridgehead atoms. The van der Waals surface area contributed by atoms with Crippen LogP contribution < -0.4 is 11.1 Å². The smallest absolute Gasteiger partial charge is 0.325 e. The van der Waals surface area contributed by atoms with Crippen LogP contribution in [-0.4, -0.2) is 60.9 Å². The third-order valence-corrected chi connectivity index (χ3v) is 9.04. The van der Waals surface area contributed by atoms with E-state index < -0.39 is 46.6 Å². The number of esters is 1. The van der Waals surface area contributed by atoms with Gasteiger partial charge in [-0.2, -0.15) is 4.31 Å². The largest absolute Gasteiger partial charge is 0.454 e. The average molecular weight is 528 g/mol. The number of thiophene rings is 1. The number of carbonyl (C=O) groups is 3. The van der Waals surface area contributed by atoms with Crippen LogP contribution in [0, 0.1) is 0 Å². The van der Waals surface area contributed by atoms with E-state index in [1.54, 1.807) is 0 Å². The van der Waals surface area contributed by atoms with E-state index in [9.17, 15) is 27.9 Å². The molecule has 1 aliphatic carbocycles. The number of fused-ring (bicyclic) bond motifs is 1. The number of benzene rings is 1. The third-order valence-electron chi connectivity index (χ3n) is 5.69. The molecule has 1 fully saturated rings. The van der Waals surface area contributed by atoms with Crippen molar-refractivity contribution in [2.45, 2.75) is 42.7 Å². The number of hydrogen-bond donors (Lipinski definition) is 3. The molecule has 13 heteroatoms. The Morgan fingerprint density at radius 1 is 1.24 bits per heavy atom. The number of ether oxygens (including phenoxy) is 1. The van der Waals surface area contributed by atoms with Crippen LogP contribution in [0.3, 0.4) is 0 Å². The Morgan fingerprint density at radius 2 is 1.94 bits per heavy atom. The summed E-state index contributed by atoms with van der Waals surface area (Å²) >= 11 is 7.08. The van der Waals surface area contributed by atoms with Gasteiger partial charge in [0.15, 0.2) is 6.61 Å². The van der Waals surface area contributed by atoms with Crippen molar-refractivity contribution >= 4 is 55.7 Å². The van der Waals surface area contributed by atoms with Gasteiger partial charge >= 0.3 is 5.97 Å². The molecule has 2 aliphatic rings. The molecule has 4 rings (SSSR count). The van der Waals surface area contributed by atoms with E-state index in [4.69, 9.17) is 22.1 Å². The monoisotopic (exact) mass is 527 g/mol. The number of aliphatic hydroxyl groups is 1. The number of rotatable bonds is 7. The van der Waals surface area contributed by atoms with Crippen molar-refractivity contribution in [3.05, 3.63) is 45.3 Å². The van der Waals surface area contributed by atoms with Gasteiger partial charge in [-0.15, -0.1) is 11.3 Å². The van der Waals surface area contributed by atoms with Crippen molar-refractivity contribution in [3.8, 4) is 0 Å². The van der Waals surface area contributed by atoms with Gasteiger partial charge in [-0.25, -0.2) is 8.42 Å². The summed E-state index contributed by atoms with van der Waals surface area (Å²) < 4.78 is 31.9. The van der Waals surface area contributed by atoms with Crippen LogP contribution in [0.5, 0.6) is 0 Å². The number of nitrogens with two attached hydrogens (primary N) is 1. The van der Waals surface area contributed by atoms with Crippen LogP contribution in [0.25, 0.3) is 0 Å². The molecule has 1 aliphatic heterocycles. The molecular formula is C21H22ClN3O7S2. The van der Waals surface area contributed by atoms with Crippen LogP contribution in [0.2, 0.25) is 5.02 Å². The number of amides is 2. The van der Waals surface area contributed by atoms with Crippen LogP contribution >= 0.6 is 22.9 Å². The van der Waals surface area contributed by atoms with Gasteiger partial charge in [0.2, 0.25) is 10.0 Å². The summed E-state index contributed by atoms with van der Waals surface area (Å²) in [6.07, 6.45) is 1.18. The zero-order valence-electron chi connectivity index (χ0n) is 17.8. The zero-order chi connectivity index (χ0) is 24.6. The second-order valence-electron chi connectivity index (χ2n) is 8.02. The molecule has 0 saturated carbocycles. The average Bonchev–Trinajstić information content (AvgIpc) is 3.46. The van der Waals surface area contributed by atoms with Crippen molar-refractivity contribution < 1.29 is 32.6 Å². The molecule has 2 amide bonds. The topological polar surface area (TPSA) is 156 Å². The Labute approximate surface area is 204 Å². The number of halogens is 1. The van der Waals surface area contributed by atoms with Gasteiger partial charge < -0.3 is 20.9 Å². The molecule has 34 heavy (non-hydrogen) atoms. The molecular weight excluding hydrogens is 506 g/mol. The normalized spacial score (nSPS) is 20.2. The Morgan fingerprint density at radius 3 is 2.62 bits per heavy atom. The maximum Gasteiger partial charge on any atom is 0.325 e. The number of primary amides is 1. The molecule has 2 atom stereocenters. The number of hydrogen-bond acceptors (Lipinski definition) is 8. The maximum atomic E-state index is 13.0. The first-order chi connectivity index (χ1) is 16.1. The number of nitrogens with one attached hydrogen (secondary N) is 1. The van der Waals surface area contributed by atoms with E-state index >= 15 is 0 Å². The molecule has 0 radical (unpaired) electrons. The zero-order valence-corrected chi connectivity index (χ0v) is 20.2. The van der Waals surface area contributed by atoms with Crippen molar-refractivity contribution in [2.24, 2.45) is 5.73 Å². The van der Waals surface area contributed by atoms with Gasteiger partial charge in [0.25, 0.3) is 11.8 Å². The van der Waals surface area contributed by atoms with E-state index in [0.717, 1.165) is 27.6 Å². The fourth-order valence-electron chi connectivity index (χ4n) is 4.15. The number of anilines is 1. The molecule has 4 N–H and O–H groups in total. The van der Waals surface area contributed by atoms with Crippen LogP contribution in [0.4, 0.5) is 5.00 Å². The molecule has 182 valence electrons. The lowest BCUT2D eigenvalue weighted by molar-refractivity contribution is -0.150. The first-order valence-electron chi connectivity index (χ1n) is 10.4. The molecule has 2 heterocycles. The number of aryl methyl sites for hydroxylation is 1. The quantitative estimate of drug-likeness (QED) is 0.458. The van der Waals surface area contributed by atoms with Gasteiger partial charge in [-0.1, -0.05) is 11.6 Å². The second-order valence-corrected chi connectivity index (χ2v) is 11.4. The summed E-state index contributed by atoms with van der Waals surface area (Å²) in [4.78, 5) is 37.8. The van der Waals surface area contributed by atoms with Gasteiger partial charge in [0, 0.05) is 22.9 Å². The lowest BCUT2D eigenvalue weighted by Crippen LogP contribution is -2.42. The number of aliphatic hydroxyl groups excluding tert-OH is 1. The van der Waals surface area contributed by atoms with E-state index in [2.05, 4.69) is 5.32 Å². The molecule has 1 saturated heterocycles. The summed E-state index contributed by atoms with van der Waals surface area (Å²) in [6.45, 7) is -0.985. The van der Waals surface area contributed by atoms with Gasteiger partial charge in [0.1, 0.15) is 11.0 Å². The van der Waals surface area contributed by atoms with Crippen LogP contribution in [-0.2, 0) is 37.2 Å². The molecule has 0 unspecified atom stereocenters.